The zero-order valence-corrected chi connectivity index (χ0v) is 14.2. The number of ether oxygens (including phenoxy) is 2. The topological polar surface area (TPSA) is 68.4 Å². The highest BCUT2D eigenvalue weighted by Gasteiger charge is 2.20. The molecule has 0 unspecified atom stereocenters. The summed E-state index contributed by atoms with van der Waals surface area (Å²) in [6.07, 6.45) is 0.447. The molecule has 25 heavy (non-hydrogen) atoms. The van der Waals surface area contributed by atoms with Gasteiger partial charge in [-0.1, -0.05) is 30.3 Å². The van der Waals surface area contributed by atoms with E-state index >= 15 is 0 Å². The first-order chi connectivity index (χ1) is 12.1. The molecule has 2 aromatic carbocycles. The fourth-order valence-electron chi connectivity index (χ4n) is 2.86. The maximum atomic E-state index is 12.5. The summed E-state index contributed by atoms with van der Waals surface area (Å²) >= 11 is 0. The summed E-state index contributed by atoms with van der Waals surface area (Å²) in [7, 11) is 1.61. The summed E-state index contributed by atoms with van der Waals surface area (Å²) < 4.78 is 10.3. The zero-order valence-electron chi connectivity index (χ0n) is 14.2. The van der Waals surface area contributed by atoms with E-state index in [1.807, 2.05) is 48.5 Å². The van der Waals surface area contributed by atoms with Gasteiger partial charge in [0.1, 0.15) is 11.3 Å². The van der Waals surface area contributed by atoms with E-state index in [1.165, 1.54) is 0 Å². The van der Waals surface area contributed by atoms with E-state index in [2.05, 4.69) is 4.98 Å². The molecule has 1 N–H and O–H groups in total. The molecule has 0 aliphatic heterocycles. The number of fused-ring (bicyclic) bond motifs is 1. The minimum atomic E-state index is -0.599. The van der Waals surface area contributed by atoms with Crippen LogP contribution in [0.2, 0.25) is 0 Å². The van der Waals surface area contributed by atoms with Crippen LogP contribution in [0.4, 0.5) is 0 Å². The Morgan fingerprint density at radius 1 is 1.08 bits per heavy atom. The number of rotatable bonds is 5. The molecule has 0 radical (unpaired) electrons. The third-order valence-electron chi connectivity index (χ3n) is 4.05. The van der Waals surface area contributed by atoms with Crippen LogP contribution in [0.3, 0.4) is 0 Å². The second-order valence-corrected chi connectivity index (χ2v) is 5.60. The smallest absolute Gasteiger partial charge is 0.344 e. The Kier molecular flexibility index (Phi) is 4.84. The Balaban J connectivity index is 2.16. The van der Waals surface area contributed by atoms with E-state index in [9.17, 15) is 9.59 Å². The molecule has 0 bridgehead atoms. The number of aromatic amines is 1. The maximum Gasteiger partial charge on any atom is 0.344 e. The molecule has 3 aromatic rings. The van der Waals surface area contributed by atoms with E-state index < -0.39 is 11.5 Å². The first kappa shape index (κ1) is 16.8. The quantitative estimate of drug-likeness (QED) is 0.725. The van der Waals surface area contributed by atoms with E-state index in [4.69, 9.17) is 9.47 Å². The Hall–Kier alpha value is -3.08. The number of H-pyrrole nitrogens is 1. The lowest BCUT2D eigenvalue weighted by atomic mass is 9.96. The second-order valence-electron chi connectivity index (χ2n) is 5.60. The standard InChI is InChI=1S/C20H19NO4/c1-3-25-20(23)18-16(12-13-8-10-14(24-2)11-9-13)15-6-4-5-7-17(15)21-19(18)22/h4-11H,3,12H2,1-2H3,(H,21,22). The molecule has 1 heterocycles. The first-order valence-corrected chi connectivity index (χ1v) is 8.08. The summed E-state index contributed by atoms with van der Waals surface area (Å²) in [5, 5.41) is 0.834. The summed E-state index contributed by atoms with van der Waals surface area (Å²) in [5.74, 6) is 0.156. The minimum Gasteiger partial charge on any atom is -0.497 e. The molecule has 5 nitrogen and oxygen atoms in total. The van der Waals surface area contributed by atoms with Crippen LogP contribution in [0.25, 0.3) is 10.9 Å². The normalized spacial score (nSPS) is 10.6. The van der Waals surface area contributed by atoms with Crippen LogP contribution in [0.15, 0.2) is 53.3 Å². The number of methoxy groups -OCH3 is 1. The number of carbonyl (C=O) groups excluding carboxylic acids is 1. The lowest BCUT2D eigenvalue weighted by Gasteiger charge is -2.12. The lowest BCUT2D eigenvalue weighted by molar-refractivity contribution is 0.0523. The average Bonchev–Trinajstić information content (AvgIpc) is 2.62. The van der Waals surface area contributed by atoms with Crippen molar-refractivity contribution in [2.75, 3.05) is 13.7 Å². The molecule has 5 heteroatoms. The molecule has 0 saturated carbocycles. The van der Waals surface area contributed by atoms with E-state index in [-0.39, 0.29) is 12.2 Å². The van der Waals surface area contributed by atoms with Gasteiger partial charge in [0.25, 0.3) is 5.56 Å². The van der Waals surface area contributed by atoms with Crippen molar-refractivity contribution in [1.29, 1.82) is 0 Å². The maximum absolute atomic E-state index is 12.5. The molecule has 0 aliphatic carbocycles. The molecule has 1 aromatic heterocycles. The van der Waals surface area contributed by atoms with Crippen molar-refractivity contribution in [1.82, 2.24) is 4.98 Å². The number of benzene rings is 2. The molecule has 0 saturated heterocycles. The fraction of sp³-hybridized carbons (Fsp3) is 0.200. The third kappa shape index (κ3) is 3.40. The van der Waals surface area contributed by atoms with Crippen molar-refractivity contribution in [2.45, 2.75) is 13.3 Å². The largest absolute Gasteiger partial charge is 0.497 e. The van der Waals surface area contributed by atoms with Gasteiger partial charge in [-0.3, -0.25) is 4.79 Å². The number of hydrogen-bond acceptors (Lipinski definition) is 4. The van der Waals surface area contributed by atoms with Gasteiger partial charge in [-0.25, -0.2) is 4.79 Å². The van der Waals surface area contributed by atoms with Gasteiger partial charge in [-0.2, -0.15) is 0 Å². The molecule has 0 atom stereocenters. The number of aromatic nitrogens is 1. The predicted octanol–water partition coefficient (Wildman–Crippen LogP) is 3.30. The van der Waals surface area contributed by atoms with Gasteiger partial charge < -0.3 is 14.5 Å². The number of para-hydroxylation sites is 1. The highest BCUT2D eigenvalue weighted by atomic mass is 16.5. The molecule has 3 rings (SSSR count). The second kappa shape index (κ2) is 7.21. The molecule has 0 spiro atoms. The van der Waals surface area contributed by atoms with Gasteiger partial charge >= 0.3 is 5.97 Å². The molecule has 0 aliphatic rings. The van der Waals surface area contributed by atoms with Crippen LogP contribution in [0.1, 0.15) is 28.4 Å². The van der Waals surface area contributed by atoms with Crippen molar-refractivity contribution in [3.63, 3.8) is 0 Å². The summed E-state index contributed by atoms with van der Waals surface area (Å²) in [6, 6.07) is 15.0. The highest BCUT2D eigenvalue weighted by Crippen LogP contribution is 2.23. The van der Waals surface area contributed by atoms with E-state index in [0.29, 0.717) is 17.5 Å². The Morgan fingerprint density at radius 3 is 2.48 bits per heavy atom. The van der Waals surface area contributed by atoms with Gasteiger partial charge in [0, 0.05) is 10.9 Å². The molecular formula is C20H19NO4. The van der Waals surface area contributed by atoms with Crippen LogP contribution in [0.5, 0.6) is 5.75 Å². The molecular weight excluding hydrogens is 318 g/mol. The van der Waals surface area contributed by atoms with Crippen LogP contribution in [-0.4, -0.2) is 24.7 Å². The van der Waals surface area contributed by atoms with E-state index in [1.54, 1.807) is 14.0 Å². The third-order valence-corrected chi connectivity index (χ3v) is 4.05. The first-order valence-electron chi connectivity index (χ1n) is 8.08. The Bertz CT molecular complexity index is 958. The highest BCUT2D eigenvalue weighted by molar-refractivity contribution is 5.97. The van der Waals surface area contributed by atoms with Crippen molar-refractivity contribution in [3.8, 4) is 5.75 Å². The minimum absolute atomic E-state index is 0.0661. The van der Waals surface area contributed by atoms with Gasteiger partial charge in [-0.15, -0.1) is 0 Å². The molecule has 0 fully saturated rings. The molecule has 128 valence electrons. The van der Waals surface area contributed by atoms with Gasteiger partial charge in [0.2, 0.25) is 0 Å². The monoisotopic (exact) mass is 337 g/mol. The number of hydrogen-bond donors (Lipinski definition) is 1. The predicted molar refractivity (Wildman–Crippen MR) is 96.3 cm³/mol. The van der Waals surface area contributed by atoms with Crippen molar-refractivity contribution in [3.05, 3.63) is 75.6 Å². The summed E-state index contributed by atoms with van der Waals surface area (Å²) in [5.41, 5.74) is 1.98. The van der Waals surface area contributed by atoms with Crippen molar-refractivity contribution in [2.24, 2.45) is 0 Å². The van der Waals surface area contributed by atoms with E-state index in [0.717, 1.165) is 16.7 Å². The fourth-order valence-corrected chi connectivity index (χ4v) is 2.86. The van der Waals surface area contributed by atoms with Gasteiger partial charge in [-0.05, 0) is 42.7 Å². The number of esters is 1. The SMILES string of the molecule is CCOC(=O)c1c(Cc2ccc(OC)cc2)c2ccccc2[nH]c1=O. The average molecular weight is 337 g/mol. The zero-order chi connectivity index (χ0) is 17.8. The van der Waals surface area contributed by atoms with Crippen LogP contribution in [-0.2, 0) is 11.2 Å². The molecule has 0 amide bonds. The summed E-state index contributed by atoms with van der Waals surface area (Å²) in [4.78, 5) is 27.6. The Morgan fingerprint density at radius 2 is 1.80 bits per heavy atom. The van der Waals surface area contributed by atoms with Crippen LogP contribution < -0.4 is 10.3 Å². The van der Waals surface area contributed by atoms with Crippen molar-refractivity contribution < 1.29 is 14.3 Å². The van der Waals surface area contributed by atoms with Gasteiger partial charge in [0.05, 0.1) is 13.7 Å². The Labute approximate surface area is 145 Å². The number of nitrogens with one attached hydrogen (secondary N) is 1. The van der Waals surface area contributed by atoms with Crippen molar-refractivity contribution >= 4 is 16.9 Å². The van der Waals surface area contributed by atoms with Gasteiger partial charge in [0.15, 0.2) is 0 Å². The lowest BCUT2D eigenvalue weighted by Crippen LogP contribution is -2.23. The number of pyridine rings is 1. The number of carbonyl (C=O) groups is 1. The summed E-state index contributed by atoms with van der Waals surface area (Å²) in [6.45, 7) is 1.93. The van der Waals surface area contributed by atoms with Crippen LogP contribution >= 0.6 is 0 Å². The van der Waals surface area contributed by atoms with Crippen LogP contribution in [0, 0.1) is 0 Å².